The standard InChI is InChI=1S/C13H16Cl2FNO.ClH/c1-17-4-2-3-9(7-17)8-18-13-11(14)5-10(16)6-12(13)15;/h5-6,9H,2-4,7-8H2,1H3;1H. The Kier molecular flexibility index (Phi) is 6.67. The lowest BCUT2D eigenvalue weighted by Crippen LogP contribution is -2.34. The number of ether oxygens (including phenoxy) is 1. The van der Waals surface area contributed by atoms with E-state index in [1.165, 1.54) is 18.6 Å². The Balaban J connectivity index is 0.00000180. The number of nitrogens with zero attached hydrogens (tertiary/aromatic N) is 1. The molecule has 0 spiro atoms. The van der Waals surface area contributed by atoms with Crippen molar-refractivity contribution in [1.29, 1.82) is 0 Å². The third-order valence-electron chi connectivity index (χ3n) is 3.15. The largest absolute Gasteiger partial charge is 0.490 e. The average Bonchev–Trinajstić information content (AvgIpc) is 2.27. The Hall–Kier alpha value is -0.220. The molecule has 0 saturated carbocycles. The highest BCUT2D eigenvalue weighted by atomic mass is 35.5. The van der Waals surface area contributed by atoms with E-state index in [1.807, 2.05) is 0 Å². The maximum Gasteiger partial charge on any atom is 0.156 e. The van der Waals surface area contributed by atoms with Gasteiger partial charge in [-0.15, -0.1) is 12.4 Å². The first-order chi connectivity index (χ1) is 8.56. The number of halogens is 4. The van der Waals surface area contributed by atoms with E-state index in [-0.39, 0.29) is 22.5 Å². The predicted octanol–water partition coefficient (Wildman–Crippen LogP) is 4.27. The normalized spacial score (nSPS) is 19.9. The Bertz CT molecular complexity index is 407. The molecule has 1 saturated heterocycles. The number of rotatable bonds is 3. The lowest BCUT2D eigenvalue weighted by Gasteiger charge is -2.29. The highest BCUT2D eigenvalue weighted by Crippen LogP contribution is 2.34. The second-order valence-corrected chi connectivity index (χ2v) is 5.59. The summed E-state index contributed by atoms with van der Waals surface area (Å²) in [7, 11) is 2.10. The second-order valence-electron chi connectivity index (χ2n) is 4.78. The zero-order valence-electron chi connectivity index (χ0n) is 10.7. The van der Waals surface area contributed by atoms with Crippen LogP contribution in [0.25, 0.3) is 0 Å². The van der Waals surface area contributed by atoms with E-state index in [0.29, 0.717) is 18.3 Å². The molecular weight excluding hydrogens is 312 g/mol. The number of likely N-dealkylation sites (tertiary alicyclic amines) is 1. The third-order valence-corrected chi connectivity index (χ3v) is 3.71. The van der Waals surface area contributed by atoms with Crippen LogP contribution in [0.5, 0.6) is 5.75 Å². The SMILES string of the molecule is CN1CCCC(COc2c(Cl)cc(F)cc2Cl)C1.Cl. The Morgan fingerprint density at radius 1 is 1.37 bits per heavy atom. The molecule has 0 bridgehead atoms. The fourth-order valence-corrected chi connectivity index (χ4v) is 2.85. The van der Waals surface area contributed by atoms with Crippen molar-refractivity contribution >= 4 is 35.6 Å². The fourth-order valence-electron chi connectivity index (χ4n) is 2.28. The minimum Gasteiger partial charge on any atom is -0.490 e. The number of hydrogen-bond donors (Lipinski definition) is 0. The lowest BCUT2D eigenvalue weighted by molar-refractivity contribution is 0.150. The molecule has 0 amide bonds. The molecule has 108 valence electrons. The van der Waals surface area contributed by atoms with Gasteiger partial charge in [0.2, 0.25) is 0 Å². The van der Waals surface area contributed by atoms with Crippen molar-refractivity contribution in [3.8, 4) is 5.75 Å². The summed E-state index contributed by atoms with van der Waals surface area (Å²) in [6.45, 7) is 2.71. The van der Waals surface area contributed by atoms with Gasteiger partial charge < -0.3 is 9.64 Å². The molecule has 2 rings (SSSR count). The summed E-state index contributed by atoms with van der Waals surface area (Å²) in [4.78, 5) is 2.28. The minimum absolute atomic E-state index is 0. The van der Waals surface area contributed by atoms with Crippen LogP contribution in [0.3, 0.4) is 0 Å². The molecule has 1 heterocycles. The van der Waals surface area contributed by atoms with Crippen molar-refractivity contribution in [2.75, 3.05) is 26.7 Å². The molecule has 0 radical (unpaired) electrons. The minimum atomic E-state index is -0.449. The predicted molar refractivity (Wildman–Crippen MR) is 79.4 cm³/mol. The molecule has 0 N–H and O–H groups in total. The van der Waals surface area contributed by atoms with Gasteiger partial charge in [0.25, 0.3) is 0 Å². The van der Waals surface area contributed by atoms with Crippen molar-refractivity contribution < 1.29 is 9.13 Å². The fraction of sp³-hybridized carbons (Fsp3) is 0.538. The first-order valence-corrected chi connectivity index (χ1v) is 6.77. The van der Waals surface area contributed by atoms with Gasteiger partial charge in [0, 0.05) is 12.5 Å². The summed E-state index contributed by atoms with van der Waals surface area (Å²) >= 11 is 11.8. The van der Waals surface area contributed by atoms with Crippen LogP contribution >= 0.6 is 35.6 Å². The van der Waals surface area contributed by atoms with Crippen molar-refractivity contribution in [3.63, 3.8) is 0 Å². The first kappa shape index (κ1) is 16.8. The van der Waals surface area contributed by atoms with Gasteiger partial charge in [-0.2, -0.15) is 0 Å². The number of hydrogen-bond acceptors (Lipinski definition) is 2. The van der Waals surface area contributed by atoms with Crippen LogP contribution in [0.1, 0.15) is 12.8 Å². The highest BCUT2D eigenvalue weighted by Gasteiger charge is 2.19. The van der Waals surface area contributed by atoms with Gasteiger partial charge in [-0.1, -0.05) is 23.2 Å². The molecule has 1 fully saturated rings. The van der Waals surface area contributed by atoms with Gasteiger partial charge in [-0.25, -0.2) is 4.39 Å². The average molecular weight is 329 g/mol. The van der Waals surface area contributed by atoms with Crippen LogP contribution in [-0.2, 0) is 0 Å². The molecule has 19 heavy (non-hydrogen) atoms. The monoisotopic (exact) mass is 327 g/mol. The first-order valence-electron chi connectivity index (χ1n) is 6.02. The van der Waals surface area contributed by atoms with Crippen molar-refractivity contribution in [1.82, 2.24) is 4.90 Å². The molecule has 1 aromatic rings. The summed E-state index contributed by atoms with van der Waals surface area (Å²) in [5.41, 5.74) is 0. The molecule has 1 aliphatic rings. The summed E-state index contributed by atoms with van der Waals surface area (Å²) in [5.74, 6) is 0.406. The van der Waals surface area contributed by atoms with Gasteiger partial charge >= 0.3 is 0 Å². The van der Waals surface area contributed by atoms with Crippen LogP contribution in [0.2, 0.25) is 10.0 Å². The Morgan fingerprint density at radius 3 is 2.58 bits per heavy atom. The zero-order valence-corrected chi connectivity index (χ0v) is 13.0. The van der Waals surface area contributed by atoms with E-state index < -0.39 is 5.82 Å². The molecule has 1 aliphatic heterocycles. The maximum atomic E-state index is 13.0. The van der Waals surface area contributed by atoms with Gasteiger partial charge in [0.1, 0.15) is 5.82 Å². The van der Waals surface area contributed by atoms with Crippen LogP contribution in [-0.4, -0.2) is 31.6 Å². The highest BCUT2D eigenvalue weighted by molar-refractivity contribution is 6.37. The van der Waals surface area contributed by atoms with Crippen molar-refractivity contribution in [2.24, 2.45) is 5.92 Å². The van der Waals surface area contributed by atoms with Crippen molar-refractivity contribution in [3.05, 3.63) is 28.0 Å². The van der Waals surface area contributed by atoms with Gasteiger partial charge in [-0.3, -0.25) is 0 Å². The molecule has 2 nitrogen and oxygen atoms in total. The quantitative estimate of drug-likeness (QED) is 0.821. The molecule has 1 unspecified atom stereocenters. The molecule has 0 aromatic heterocycles. The molecule has 0 aliphatic carbocycles. The summed E-state index contributed by atoms with van der Waals surface area (Å²) in [6, 6.07) is 2.44. The third kappa shape index (κ3) is 4.67. The van der Waals surface area contributed by atoms with Crippen LogP contribution < -0.4 is 4.74 Å². The van der Waals surface area contributed by atoms with Crippen molar-refractivity contribution in [2.45, 2.75) is 12.8 Å². The topological polar surface area (TPSA) is 12.5 Å². The molecule has 6 heteroatoms. The van der Waals surface area contributed by atoms with E-state index in [4.69, 9.17) is 27.9 Å². The van der Waals surface area contributed by atoms with Crippen LogP contribution in [0, 0.1) is 11.7 Å². The summed E-state index contributed by atoms with van der Waals surface area (Å²) in [5, 5.41) is 0.452. The second kappa shape index (κ2) is 7.53. The Morgan fingerprint density at radius 2 is 2.00 bits per heavy atom. The van der Waals surface area contributed by atoms with E-state index in [2.05, 4.69) is 11.9 Å². The summed E-state index contributed by atoms with van der Waals surface area (Å²) < 4.78 is 18.7. The summed E-state index contributed by atoms with van der Waals surface area (Å²) in [6.07, 6.45) is 2.32. The van der Waals surface area contributed by atoms with Gasteiger partial charge in [-0.05, 0) is 38.6 Å². The maximum absolute atomic E-state index is 13.0. The lowest BCUT2D eigenvalue weighted by atomic mass is 10.00. The number of piperidine rings is 1. The molecule has 1 aromatic carbocycles. The van der Waals surface area contributed by atoms with E-state index in [1.54, 1.807) is 0 Å². The zero-order chi connectivity index (χ0) is 13.1. The van der Waals surface area contributed by atoms with Gasteiger partial charge in [0.05, 0.1) is 16.7 Å². The smallest absolute Gasteiger partial charge is 0.156 e. The van der Waals surface area contributed by atoms with Gasteiger partial charge in [0.15, 0.2) is 5.75 Å². The van der Waals surface area contributed by atoms with E-state index in [9.17, 15) is 4.39 Å². The van der Waals surface area contributed by atoms with E-state index in [0.717, 1.165) is 19.5 Å². The van der Waals surface area contributed by atoms with Crippen LogP contribution in [0.4, 0.5) is 4.39 Å². The van der Waals surface area contributed by atoms with E-state index >= 15 is 0 Å². The van der Waals surface area contributed by atoms with Crippen LogP contribution in [0.15, 0.2) is 12.1 Å². The number of benzene rings is 1. The molecular formula is C13H17Cl3FNO. The Labute approximate surface area is 129 Å². The molecule has 1 atom stereocenters.